The van der Waals surface area contributed by atoms with Crippen molar-refractivity contribution in [2.45, 2.75) is 45.5 Å². The van der Waals surface area contributed by atoms with E-state index in [0.29, 0.717) is 6.54 Å². The summed E-state index contributed by atoms with van der Waals surface area (Å²) < 4.78 is 19.4. The van der Waals surface area contributed by atoms with E-state index in [0.717, 1.165) is 17.1 Å². The SMILES string of the molecule is CC(O)C(=O)N(CC1CNCC1F)C(C(=N)N)C(C)(C)CCOC(=O)NCCN1C(=O)C=CC1=O. The Kier molecular flexibility index (Phi) is 9.72. The molecule has 0 bridgehead atoms. The number of amides is 4. The molecule has 4 unspecified atom stereocenters. The molecule has 2 heterocycles. The minimum atomic E-state index is -1.37. The van der Waals surface area contributed by atoms with Crippen LogP contribution in [0.25, 0.3) is 0 Å². The van der Waals surface area contributed by atoms with Gasteiger partial charge in [-0.15, -0.1) is 0 Å². The Morgan fingerprint density at radius 3 is 2.51 bits per heavy atom. The van der Waals surface area contributed by atoms with Gasteiger partial charge < -0.3 is 31.1 Å². The fourth-order valence-electron chi connectivity index (χ4n) is 4.22. The predicted molar refractivity (Wildman–Crippen MR) is 124 cm³/mol. The Morgan fingerprint density at radius 2 is 2.00 bits per heavy atom. The number of ether oxygens (including phenoxy) is 1. The third kappa shape index (κ3) is 7.46. The number of rotatable bonds is 12. The van der Waals surface area contributed by atoms with Crippen LogP contribution in [0, 0.1) is 16.7 Å². The molecule has 4 amide bonds. The highest BCUT2D eigenvalue weighted by atomic mass is 19.1. The lowest BCUT2D eigenvalue weighted by atomic mass is 9.79. The molecule has 13 heteroatoms. The second-order valence-corrected chi connectivity index (χ2v) is 9.42. The standard InChI is InChI=1S/C22H35FN6O6/c1-13(30)20(33)29(12-14-10-26-11-15(14)23)18(19(24)25)22(2,3)6-9-35-21(34)27-7-8-28-16(31)4-5-17(28)32/h4-5,13-15,18,26,30H,6-12H2,1-3H3,(H3,24,25)(H,27,34). The molecule has 4 atom stereocenters. The molecule has 0 aromatic carbocycles. The van der Waals surface area contributed by atoms with Crippen LogP contribution in [0.2, 0.25) is 0 Å². The molecule has 12 nitrogen and oxygen atoms in total. The molecule has 35 heavy (non-hydrogen) atoms. The summed E-state index contributed by atoms with van der Waals surface area (Å²) in [5.41, 5.74) is 5.00. The van der Waals surface area contributed by atoms with Gasteiger partial charge in [0.25, 0.3) is 17.7 Å². The summed E-state index contributed by atoms with van der Waals surface area (Å²) in [6, 6.07) is -0.969. The molecule has 0 aromatic heterocycles. The lowest BCUT2D eigenvalue weighted by molar-refractivity contribution is -0.143. The van der Waals surface area contributed by atoms with E-state index < -0.39 is 53.5 Å². The largest absolute Gasteiger partial charge is 0.450 e. The third-order valence-corrected chi connectivity index (χ3v) is 6.16. The number of imide groups is 1. The highest BCUT2D eigenvalue weighted by molar-refractivity contribution is 6.12. The third-order valence-electron chi connectivity index (χ3n) is 6.16. The number of aliphatic hydroxyl groups is 1. The zero-order valence-corrected chi connectivity index (χ0v) is 20.3. The summed E-state index contributed by atoms with van der Waals surface area (Å²) in [5, 5.41) is 23.4. The first-order chi connectivity index (χ1) is 16.3. The quantitative estimate of drug-likeness (QED) is 0.131. The van der Waals surface area contributed by atoms with Crippen molar-refractivity contribution >= 4 is 29.7 Å². The zero-order valence-electron chi connectivity index (χ0n) is 20.3. The van der Waals surface area contributed by atoms with Gasteiger partial charge in [0.2, 0.25) is 0 Å². The molecule has 0 spiro atoms. The van der Waals surface area contributed by atoms with E-state index in [1.165, 1.54) is 11.8 Å². The van der Waals surface area contributed by atoms with Crippen molar-refractivity contribution in [3.05, 3.63) is 12.2 Å². The molecular formula is C22H35FN6O6. The number of carbonyl (C=O) groups excluding carboxylic acids is 4. The summed E-state index contributed by atoms with van der Waals surface area (Å²) in [5.74, 6) is -2.42. The second kappa shape index (κ2) is 12.1. The zero-order chi connectivity index (χ0) is 26.3. The number of alkyl halides is 1. The number of nitrogens with two attached hydrogens (primary N) is 1. The average Bonchev–Trinajstić information content (AvgIpc) is 3.31. The van der Waals surface area contributed by atoms with Gasteiger partial charge in [0, 0.05) is 50.8 Å². The summed E-state index contributed by atoms with van der Waals surface area (Å²) in [7, 11) is 0. The van der Waals surface area contributed by atoms with Crippen LogP contribution in [0.1, 0.15) is 27.2 Å². The molecule has 1 saturated heterocycles. The van der Waals surface area contributed by atoms with Crippen LogP contribution in [0.15, 0.2) is 12.2 Å². The van der Waals surface area contributed by atoms with Crippen LogP contribution in [0.5, 0.6) is 0 Å². The van der Waals surface area contributed by atoms with Gasteiger partial charge in [-0.2, -0.15) is 0 Å². The lowest BCUT2D eigenvalue weighted by Gasteiger charge is -2.43. The monoisotopic (exact) mass is 498 g/mol. The van der Waals surface area contributed by atoms with Gasteiger partial charge in [-0.05, 0) is 18.8 Å². The number of halogens is 1. The number of nitrogens with one attached hydrogen (secondary N) is 3. The molecule has 1 fully saturated rings. The molecule has 0 saturated carbocycles. The van der Waals surface area contributed by atoms with Gasteiger partial charge in [0.15, 0.2) is 0 Å². The first-order valence-corrected chi connectivity index (χ1v) is 11.5. The topological polar surface area (TPSA) is 178 Å². The van der Waals surface area contributed by atoms with Crippen LogP contribution in [0.3, 0.4) is 0 Å². The van der Waals surface area contributed by atoms with E-state index >= 15 is 0 Å². The second-order valence-electron chi connectivity index (χ2n) is 9.42. The highest BCUT2D eigenvalue weighted by Crippen LogP contribution is 2.31. The van der Waals surface area contributed by atoms with E-state index in [9.17, 15) is 28.7 Å². The normalized spacial score (nSPS) is 21.7. The van der Waals surface area contributed by atoms with E-state index in [-0.39, 0.29) is 45.0 Å². The molecule has 196 valence electrons. The van der Waals surface area contributed by atoms with Crippen molar-refractivity contribution in [2.24, 2.45) is 17.1 Å². The maximum Gasteiger partial charge on any atom is 0.407 e. The van der Waals surface area contributed by atoms with Gasteiger partial charge >= 0.3 is 6.09 Å². The van der Waals surface area contributed by atoms with Gasteiger partial charge in [0.05, 0.1) is 12.6 Å². The number of alkyl carbamates (subject to hydrolysis) is 1. The van der Waals surface area contributed by atoms with Crippen molar-refractivity contribution < 1.29 is 33.4 Å². The lowest BCUT2D eigenvalue weighted by Crippen LogP contribution is -2.59. The average molecular weight is 499 g/mol. The molecule has 0 aromatic rings. The number of aliphatic hydroxyl groups excluding tert-OH is 1. The van der Waals surface area contributed by atoms with Crippen LogP contribution in [0.4, 0.5) is 9.18 Å². The Morgan fingerprint density at radius 1 is 1.37 bits per heavy atom. The fraction of sp³-hybridized carbons (Fsp3) is 0.682. The minimum Gasteiger partial charge on any atom is -0.450 e. The van der Waals surface area contributed by atoms with Gasteiger partial charge in [-0.25, -0.2) is 9.18 Å². The summed E-state index contributed by atoms with van der Waals surface area (Å²) in [6.45, 7) is 5.17. The molecule has 2 rings (SSSR count). The van der Waals surface area contributed by atoms with Gasteiger partial charge in [-0.1, -0.05) is 13.8 Å². The van der Waals surface area contributed by atoms with Gasteiger partial charge in [-0.3, -0.25) is 24.7 Å². The minimum absolute atomic E-state index is 0.000322. The first kappa shape index (κ1) is 28.2. The van der Waals surface area contributed by atoms with E-state index in [1.807, 2.05) is 0 Å². The summed E-state index contributed by atoms with van der Waals surface area (Å²) >= 11 is 0. The smallest absolute Gasteiger partial charge is 0.407 e. The Labute approximate surface area is 203 Å². The Bertz CT molecular complexity index is 845. The molecule has 6 N–H and O–H groups in total. The summed E-state index contributed by atoms with van der Waals surface area (Å²) in [4.78, 5) is 50.1. The number of nitrogens with zero attached hydrogens (tertiary/aromatic N) is 2. The number of amidine groups is 1. The fourth-order valence-corrected chi connectivity index (χ4v) is 4.22. The number of carbonyl (C=O) groups is 4. The van der Waals surface area contributed by atoms with E-state index in [4.69, 9.17) is 15.9 Å². The van der Waals surface area contributed by atoms with Crippen LogP contribution >= 0.6 is 0 Å². The van der Waals surface area contributed by atoms with Crippen LogP contribution in [-0.2, 0) is 19.1 Å². The first-order valence-electron chi connectivity index (χ1n) is 11.5. The molecule has 2 aliphatic rings. The van der Waals surface area contributed by atoms with Crippen molar-refractivity contribution in [3.63, 3.8) is 0 Å². The predicted octanol–water partition coefficient (Wildman–Crippen LogP) is -0.875. The van der Waals surface area contributed by atoms with Crippen molar-refractivity contribution in [1.82, 2.24) is 20.4 Å². The molecular weight excluding hydrogens is 463 g/mol. The molecule has 0 radical (unpaired) electrons. The highest BCUT2D eigenvalue weighted by Gasteiger charge is 2.42. The maximum absolute atomic E-state index is 14.3. The Balaban J connectivity index is 1.95. The van der Waals surface area contributed by atoms with Crippen LogP contribution in [-0.4, -0.2) is 102 Å². The van der Waals surface area contributed by atoms with Crippen molar-refractivity contribution in [1.29, 1.82) is 5.41 Å². The number of hydrogen-bond donors (Lipinski definition) is 5. The van der Waals surface area contributed by atoms with Crippen molar-refractivity contribution in [3.8, 4) is 0 Å². The van der Waals surface area contributed by atoms with E-state index in [2.05, 4.69) is 10.6 Å². The summed E-state index contributed by atoms with van der Waals surface area (Å²) in [6.07, 6.45) is -0.812. The van der Waals surface area contributed by atoms with Crippen molar-refractivity contribution in [2.75, 3.05) is 39.3 Å². The number of hydrogen-bond acceptors (Lipinski definition) is 8. The van der Waals surface area contributed by atoms with Gasteiger partial charge in [0.1, 0.15) is 18.1 Å². The maximum atomic E-state index is 14.3. The van der Waals surface area contributed by atoms with E-state index in [1.54, 1.807) is 13.8 Å². The Hall–Kier alpha value is -3.06. The van der Waals surface area contributed by atoms with Crippen LogP contribution < -0.4 is 16.4 Å². The molecule has 2 aliphatic heterocycles. The molecule has 0 aliphatic carbocycles.